The second-order valence-corrected chi connectivity index (χ2v) is 8.19. The molecule has 134 valence electrons. The lowest BCUT2D eigenvalue weighted by atomic mass is 9.82. The minimum atomic E-state index is -0.516. The molecule has 0 fully saturated rings. The molecule has 0 heterocycles. The Kier molecular flexibility index (Phi) is 8.61. The van der Waals surface area contributed by atoms with Crippen LogP contribution >= 0.6 is 12.4 Å². The van der Waals surface area contributed by atoms with E-state index < -0.39 is 6.10 Å². The Bertz CT molecular complexity index is 460. The summed E-state index contributed by atoms with van der Waals surface area (Å²) in [7, 11) is 0. The lowest BCUT2D eigenvalue weighted by molar-refractivity contribution is 0.0938. The highest BCUT2D eigenvalue weighted by atomic mass is 35.5. The van der Waals surface area contributed by atoms with Gasteiger partial charge in [0.05, 0.1) is 0 Å². The predicted molar refractivity (Wildman–Crippen MR) is 101 cm³/mol. The summed E-state index contributed by atoms with van der Waals surface area (Å²) >= 11 is 0. The number of para-hydroxylation sites is 1. The maximum atomic E-state index is 10.2. The van der Waals surface area contributed by atoms with E-state index in [0.717, 1.165) is 23.3 Å². The monoisotopic (exact) mass is 343 g/mol. The van der Waals surface area contributed by atoms with E-state index in [1.807, 2.05) is 32.0 Å². The van der Waals surface area contributed by atoms with Crippen LogP contribution in [0.3, 0.4) is 0 Å². The van der Waals surface area contributed by atoms with Crippen LogP contribution in [0.25, 0.3) is 0 Å². The molecule has 2 N–H and O–H groups in total. The van der Waals surface area contributed by atoms with E-state index in [2.05, 4.69) is 39.9 Å². The van der Waals surface area contributed by atoms with Crippen LogP contribution < -0.4 is 10.1 Å². The molecule has 3 nitrogen and oxygen atoms in total. The summed E-state index contributed by atoms with van der Waals surface area (Å²) in [6, 6.07) is 6.07. The molecule has 0 aliphatic rings. The van der Waals surface area contributed by atoms with E-state index in [-0.39, 0.29) is 23.4 Å². The van der Waals surface area contributed by atoms with Gasteiger partial charge < -0.3 is 15.2 Å². The highest BCUT2D eigenvalue weighted by Crippen LogP contribution is 2.26. The van der Waals surface area contributed by atoms with E-state index in [4.69, 9.17) is 4.74 Å². The molecular weight excluding hydrogens is 310 g/mol. The number of benzene rings is 1. The van der Waals surface area contributed by atoms with Crippen LogP contribution in [0.2, 0.25) is 0 Å². The molecule has 0 amide bonds. The lowest BCUT2D eigenvalue weighted by Gasteiger charge is -2.34. The number of rotatable bonds is 7. The summed E-state index contributed by atoms with van der Waals surface area (Å²) in [5.41, 5.74) is 2.47. The molecule has 0 radical (unpaired) electrons. The Balaban J connectivity index is 0.00000484. The molecule has 1 rings (SSSR count). The van der Waals surface area contributed by atoms with Gasteiger partial charge >= 0.3 is 0 Å². The van der Waals surface area contributed by atoms with Crippen molar-refractivity contribution in [3.05, 3.63) is 29.3 Å². The van der Waals surface area contributed by atoms with Crippen molar-refractivity contribution in [2.45, 2.75) is 66.5 Å². The number of aryl methyl sites for hydroxylation is 2. The van der Waals surface area contributed by atoms with E-state index in [9.17, 15) is 5.11 Å². The highest BCUT2D eigenvalue weighted by Gasteiger charge is 2.25. The second-order valence-electron chi connectivity index (χ2n) is 8.19. The molecule has 0 aliphatic heterocycles. The average Bonchev–Trinajstić information content (AvgIpc) is 2.33. The summed E-state index contributed by atoms with van der Waals surface area (Å²) in [5.74, 6) is 0.885. The zero-order valence-electron chi connectivity index (χ0n) is 15.7. The predicted octanol–water partition coefficient (Wildman–Crippen LogP) is 4.27. The number of ether oxygens (including phenoxy) is 1. The van der Waals surface area contributed by atoms with Crippen LogP contribution in [0.4, 0.5) is 0 Å². The van der Waals surface area contributed by atoms with E-state index in [0.29, 0.717) is 13.2 Å². The van der Waals surface area contributed by atoms with Gasteiger partial charge in [-0.15, -0.1) is 12.4 Å². The molecule has 1 unspecified atom stereocenters. The van der Waals surface area contributed by atoms with Crippen LogP contribution in [-0.2, 0) is 0 Å². The topological polar surface area (TPSA) is 41.5 Å². The van der Waals surface area contributed by atoms with Crippen molar-refractivity contribution in [2.75, 3.05) is 13.2 Å². The van der Waals surface area contributed by atoms with Crippen LogP contribution in [0, 0.1) is 19.3 Å². The Labute approximate surface area is 148 Å². The summed E-state index contributed by atoms with van der Waals surface area (Å²) in [4.78, 5) is 0. The summed E-state index contributed by atoms with van der Waals surface area (Å²) in [5, 5.41) is 13.6. The Morgan fingerprint density at radius 1 is 1.09 bits per heavy atom. The maximum absolute atomic E-state index is 10.2. The van der Waals surface area contributed by atoms with E-state index in [1.54, 1.807) is 0 Å². The molecule has 0 saturated heterocycles. The van der Waals surface area contributed by atoms with E-state index in [1.165, 1.54) is 0 Å². The largest absolute Gasteiger partial charge is 0.490 e. The molecule has 1 aromatic rings. The third kappa shape index (κ3) is 8.59. The van der Waals surface area contributed by atoms with Gasteiger partial charge in [0.1, 0.15) is 18.5 Å². The van der Waals surface area contributed by atoms with Crippen LogP contribution in [0.1, 0.15) is 52.2 Å². The van der Waals surface area contributed by atoms with Crippen molar-refractivity contribution >= 4 is 12.4 Å². The van der Waals surface area contributed by atoms with Gasteiger partial charge in [-0.2, -0.15) is 0 Å². The van der Waals surface area contributed by atoms with Crippen LogP contribution in [-0.4, -0.2) is 29.9 Å². The minimum absolute atomic E-state index is 0. The molecule has 0 saturated carbocycles. The van der Waals surface area contributed by atoms with Crippen molar-refractivity contribution in [1.29, 1.82) is 0 Å². The Morgan fingerprint density at radius 3 is 2.09 bits per heavy atom. The third-order valence-corrected chi connectivity index (χ3v) is 3.62. The zero-order valence-corrected chi connectivity index (χ0v) is 16.5. The zero-order chi connectivity index (χ0) is 17.0. The van der Waals surface area contributed by atoms with Gasteiger partial charge in [-0.05, 0) is 50.7 Å². The molecule has 1 atom stereocenters. The van der Waals surface area contributed by atoms with Gasteiger partial charge in [0.25, 0.3) is 0 Å². The summed E-state index contributed by atoms with van der Waals surface area (Å²) < 4.78 is 5.81. The van der Waals surface area contributed by atoms with Crippen molar-refractivity contribution < 1.29 is 9.84 Å². The van der Waals surface area contributed by atoms with Gasteiger partial charge in [0.2, 0.25) is 0 Å². The Hall–Kier alpha value is -0.770. The summed E-state index contributed by atoms with van der Waals surface area (Å²) in [6.45, 7) is 16.0. The highest BCUT2D eigenvalue weighted by molar-refractivity contribution is 5.85. The number of β-amino-alcohol motifs (C(OH)–C–C–N with tert-alkyl or cyclic N) is 1. The average molecular weight is 344 g/mol. The molecular formula is C19H34ClNO2. The number of aliphatic hydroxyl groups excluding tert-OH is 1. The summed E-state index contributed by atoms with van der Waals surface area (Å²) in [6.07, 6.45) is 0.531. The molecule has 23 heavy (non-hydrogen) atoms. The van der Waals surface area contributed by atoms with Gasteiger partial charge in [0, 0.05) is 12.1 Å². The molecule has 1 aromatic carbocycles. The number of nitrogens with one attached hydrogen (secondary N) is 1. The fourth-order valence-electron chi connectivity index (χ4n) is 3.05. The minimum Gasteiger partial charge on any atom is -0.490 e. The molecule has 0 bridgehead atoms. The normalized spacial score (nSPS) is 13.4. The number of hydrogen-bond acceptors (Lipinski definition) is 3. The molecule has 4 heteroatoms. The first kappa shape index (κ1) is 22.2. The van der Waals surface area contributed by atoms with Gasteiger partial charge in [0.15, 0.2) is 0 Å². The van der Waals surface area contributed by atoms with Gasteiger partial charge in [-0.25, -0.2) is 0 Å². The lowest BCUT2D eigenvalue weighted by Crippen LogP contribution is -2.46. The fraction of sp³-hybridized carbons (Fsp3) is 0.684. The van der Waals surface area contributed by atoms with Crippen molar-refractivity contribution in [3.63, 3.8) is 0 Å². The SMILES string of the molecule is Cc1cccc(C)c1OCC(O)CNC(C)(C)CC(C)(C)C.Cl. The first-order valence-corrected chi connectivity index (χ1v) is 8.12. The molecule has 0 aromatic heterocycles. The number of halogens is 1. The number of hydrogen-bond donors (Lipinski definition) is 2. The van der Waals surface area contributed by atoms with Crippen molar-refractivity contribution in [1.82, 2.24) is 5.32 Å². The Morgan fingerprint density at radius 2 is 1.61 bits per heavy atom. The smallest absolute Gasteiger partial charge is 0.125 e. The van der Waals surface area contributed by atoms with Crippen molar-refractivity contribution in [3.8, 4) is 5.75 Å². The third-order valence-electron chi connectivity index (χ3n) is 3.62. The first-order valence-electron chi connectivity index (χ1n) is 8.12. The second kappa shape index (κ2) is 8.91. The fourth-order valence-corrected chi connectivity index (χ4v) is 3.05. The standard InChI is InChI=1S/C19H33NO2.ClH/c1-14-9-8-10-15(2)17(14)22-12-16(21)11-20-19(6,7)13-18(3,4)5;/h8-10,16,20-21H,11-13H2,1-7H3;1H. The van der Waals surface area contributed by atoms with Gasteiger partial charge in [-0.3, -0.25) is 0 Å². The maximum Gasteiger partial charge on any atom is 0.125 e. The van der Waals surface area contributed by atoms with Crippen LogP contribution in [0.15, 0.2) is 18.2 Å². The van der Waals surface area contributed by atoms with Gasteiger partial charge in [-0.1, -0.05) is 39.0 Å². The van der Waals surface area contributed by atoms with Crippen LogP contribution in [0.5, 0.6) is 5.75 Å². The quantitative estimate of drug-likeness (QED) is 0.776. The van der Waals surface area contributed by atoms with E-state index >= 15 is 0 Å². The molecule has 0 spiro atoms. The van der Waals surface area contributed by atoms with Crippen molar-refractivity contribution in [2.24, 2.45) is 5.41 Å². The first-order chi connectivity index (χ1) is 10.0. The number of aliphatic hydroxyl groups is 1. The molecule has 0 aliphatic carbocycles.